The Hall–Kier alpha value is -1.23. The second-order valence-corrected chi connectivity index (χ2v) is 4.57. The summed E-state index contributed by atoms with van der Waals surface area (Å²) in [6.07, 6.45) is -3.88. The fraction of sp³-hybridized carbons (Fsp3) is 0.538. The minimum atomic E-state index is -4.07. The predicted octanol–water partition coefficient (Wildman–Crippen LogP) is 3.13. The molecule has 0 saturated heterocycles. The van der Waals surface area contributed by atoms with Crippen LogP contribution in [0.25, 0.3) is 0 Å². The Morgan fingerprint density at radius 3 is 2.83 bits per heavy atom. The summed E-state index contributed by atoms with van der Waals surface area (Å²) in [4.78, 5) is 0. The van der Waals surface area contributed by atoms with E-state index in [1.807, 2.05) is 24.3 Å². The quantitative estimate of drug-likeness (QED) is 0.811. The highest BCUT2D eigenvalue weighted by Crippen LogP contribution is 2.30. The summed E-state index contributed by atoms with van der Waals surface area (Å²) in [6.45, 7) is 1.48. The molecule has 0 fully saturated rings. The van der Waals surface area contributed by atoms with Gasteiger partial charge in [0.25, 0.3) is 0 Å². The van der Waals surface area contributed by atoms with Gasteiger partial charge in [0.2, 0.25) is 0 Å². The highest BCUT2D eigenvalue weighted by Gasteiger charge is 2.26. The zero-order valence-electron chi connectivity index (χ0n) is 10.1. The van der Waals surface area contributed by atoms with Crippen LogP contribution in [0, 0.1) is 0 Å². The topological polar surface area (TPSA) is 24.1 Å². The lowest BCUT2D eigenvalue weighted by Gasteiger charge is -2.27. The van der Waals surface area contributed by atoms with Crippen molar-refractivity contribution in [2.75, 3.05) is 25.0 Å². The van der Waals surface area contributed by atoms with Crippen molar-refractivity contribution in [3.63, 3.8) is 0 Å². The van der Waals surface area contributed by atoms with Crippen molar-refractivity contribution in [2.24, 2.45) is 0 Å². The van der Waals surface area contributed by atoms with Crippen LogP contribution in [0.4, 0.5) is 18.9 Å². The maximum Gasteiger partial charge on any atom is 0.390 e. The van der Waals surface area contributed by atoms with E-state index in [9.17, 15) is 13.2 Å². The van der Waals surface area contributed by atoms with E-state index in [1.54, 1.807) is 0 Å². The van der Waals surface area contributed by atoms with Crippen molar-refractivity contribution in [1.82, 2.24) is 5.32 Å². The van der Waals surface area contributed by atoms with Gasteiger partial charge in [0.1, 0.15) is 0 Å². The molecule has 18 heavy (non-hydrogen) atoms. The van der Waals surface area contributed by atoms with E-state index in [0.29, 0.717) is 12.5 Å². The molecule has 0 aromatic heterocycles. The number of nitrogens with one attached hydrogen (secondary N) is 2. The average molecular weight is 258 g/mol. The fourth-order valence-electron chi connectivity index (χ4n) is 2.27. The largest absolute Gasteiger partial charge is 0.390 e. The zero-order chi connectivity index (χ0) is 13.0. The number of rotatable bonds is 4. The number of alkyl halides is 3. The molecular formula is C13H17F3N2. The molecule has 100 valence electrons. The van der Waals surface area contributed by atoms with Gasteiger partial charge in [-0.1, -0.05) is 18.2 Å². The number of para-hydroxylation sites is 1. The maximum atomic E-state index is 12.0. The van der Waals surface area contributed by atoms with Crippen molar-refractivity contribution >= 4 is 5.69 Å². The highest BCUT2D eigenvalue weighted by atomic mass is 19.4. The summed E-state index contributed by atoms with van der Waals surface area (Å²) in [6, 6.07) is 7.98. The first-order valence-electron chi connectivity index (χ1n) is 6.16. The third-order valence-corrected chi connectivity index (χ3v) is 3.18. The molecule has 1 aliphatic heterocycles. The molecule has 2 N–H and O–H groups in total. The molecule has 1 unspecified atom stereocenters. The highest BCUT2D eigenvalue weighted by molar-refractivity contribution is 5.54. The fourth-order valence-corrected chi connectivity index (χ4v) is 2.27. The van der Waals surface area contributed by atoms with Gasteiger partial charge in [-0.15, -0.1) is 0 Å². The molecule has 1 heterocycles. The van der Waals surface area contributed by atoms with Crippen molar-refractivity contribution in [2.45, 2.75) is 24.9 Å². The molecule has 0 aliphatic carbocycles. The second-order valence-electron chi connectivity index (χ2n) is 4.57. The van der Waals surface area contributed by atoms with Gasteiger partial charge in [0, 0.05) is 31.2 Å². The van der Waals surface area contributed by atoms with Crippen LogP contribution in [0.2, 0.25) is 0 Å². The molecule has 0 spiro atoms. The van der Waals surface area contributed by atoms with Crippen LogP contribution in [-0.4, -0.2) is 25.8 Å². The van der Waals surface area contributed by atoms with Gasteiger partial charge in [0.15, 0.2) is 0 Å². The van der Waals surface area contributed by atoms with Crippen LogP contribution >= 0.6 is 0 Å². The molecule has 2 rings (SSSR count). The summed E-state index contributed by atoms with van der Waals surface area (Å²) >= 11 is 0. The minimum Gasteiger partial charge on any atom is -0.385 e. The standard InChI is InChI=1S/C13H17F3N2/c14-13(15,16)6-8-17-9-10-5-7-18-12-4-2-1-3-11(10)12/h1-4,10,17-18H,5-9H2. The molecule has 1 aliphatic rings. The second kappa shape index (κ2) is 5.61. The van der Waals surface area contributed by atoms with Gasteiger partial charge in [-0.25, -0.2) is 0 Å². The first-order valence-corrected chi connectivity index (χ1v) is 6.16. The molecule has 2 nitrogen and oxygen atoms in total. The molecule has 1 aromatic carbocycles. The van der Waals surface area contributed by atoms with Crippen LogP contribution in [0.15, 0.2) is 24.3 Å². The summed E-state index contributed by atoms with van der Waals surface area (Å²) in [7, 11) is 0. The molecule has 1 aromatic rings. The zero-order valence-corrected chi connectivity index (χ0v) is 10.1. The number of fused-ring (bicyclic) bond motifs is 1. The van der Waals surface area contributed by atoms with Crippen LogP contribution in [0.5, 0.6) is 0 Å². The monoisotopic (exact) mass is 258 g/mol. The molecule has 0 saturated carbocycles. The first kappa shape index (κ1) is 13.2. The van der Waals surface area contributed by atoms with E-state index < -0.39 is 12.6 Å². The Morgan fingerprint density at radius 1 is 1.28 bits per heavy atom. The van der Waals surface area contributed by atoms with E-state index in [-0.39, 0.29) is 6.54 Å². The molecule has 5 heteroatoms. The van der Waals surface area contributed by atoms with Crippen LogP contribution < -0.4 is 10.6 Å². The average Bonchev–Trinajstić information content (AvgIpc) is 2.33. The van der Waals surface area contributed by atoms with Crippen molar-refractivity contribution in [1.29, 1.82) is 0 Å². The smallest absolute Gasteiger partial charge is 0.385 e. The van der Waals surface area contributed by atoms with Crippen molar-refractivity contribution < 1.29 is 13.2 Å². The Balaban J connectivity index is 1.84. The third-order valence-electron chi connectivity index (χ3n) is 3.18. The normalized spacial score (nSPS) is 19.2. The van der Waals surface area contributed by atoms with E-state index in [2.05, 4.69) is 10.6 Å². The van der Waals surface area contributed by atoms with Gasteiger partial charge in [-0.3, -0.25) is 0 Å². The summed E-state index contributed by atoms with van der Waals surface area (Å²) in [5.74, 6) is 0.302. The van der Waals surface area contributed by atoms with E-state index in [0.717, 1.165) is 18.7 Å². The van der Waals surface area contributed by atoms with Crippen LogP contribution in [-0.2, 0) is 0 Å². The Bertz CT molecular complexity index is 390. The number of benzene rings is 1. The van der Waals surface area contributed by atoms with Gasteiger partial charge >= 0.3 is 6.18 Å². The van der Waals surface area contributed by atoms with E-state index in [1.165, 1.54) is 5.56 Å². The van der Waals surface area contributed by atoms with E-state index >= 15 is 0 Å². The van der Waals surface area contributed by atoms with Crippen molar-refractivity contribution in [3.05, 3.63) is 29.8 Å². The first-order chi connectivity index (χ1) is 8.56. The van der Waals surface area contributed by atoms with Crippen LogP contribution in [0.1, 0.15) is 24.3 Å². The molecule has 1 atom stereocenters. The lowest BCUT2D eigenvalue weighted by molar-refractivity contribution is -0.133. The van der Waals surface area contributed by atoms with Gasteiger partial charge in [-0.05, 0) is 18.1 Å². The molecule has 0 amide bonds. The molecule has 0 bridgehead atoms. The summed E-state index contributed by atoms with van der Waals surface area (Å²) in [5, 5.41) is 6.20. The SMILES string of the molecule is FC(F)(F)CCNCC1CCNc2ccccc21. The Labute approximate surface area is 105 Å². The summed E-state index contributed by atoms with van der Waals surface area (Å²) in [5.41, 5.74) is 2.30. The van der Waals surface area contributed by atoms with Crippen LogP contribution in [0.3, 0.4) is 0 Å². The molecular weight excluding hydrogens is 241 g/mol. The summed E-state index contributed by atoms with van der Waals surface area (Å²) < 4.78 is 36.0. The minimum absolute atomic E-state index is 0.00437. The lowest BCUT2D eigenvalue weighted by Crippen LogP contribution is -2.29. The Morgan fingerprint density at radius 2 is 2.06 bits per heavy atom. The molecule has 0 radical (unpaired) electrons. The number of hydrogen-bond acceptors (Lipinski definition) is 2. The number of anilines is 1. The van der Waals surface area contributed by atoms with Crippen molar-refractivity contribution in [3.8, 4) is 0 Å². The Kier molecular flexibility index (Phi) is 4.11. The number of halogens is 3. The van der Waals surface area contributed by atoms with Gasteiger partial charge in [-0.2, -0.15) is 13.2 Å². The predicted molar refractivity (Wildman–Crippen MR) is 65.8 cm³/mol. The number of hydrogen-bond donors (Lipinski definition) is 2. The lowest BCUT2D eigenvalue weighted by atomic mass is 9.91. The maximum absolute atomic E-state index is 12.0. The third kappa shape index (κ3) is 3.63. The van der Waals surface area contributed by atoms with Gasteiger partial charge < -0.3 is 10.6 Å². The van der Waals surface area contributed by atoms with E-state index in [4.69, 9.17) is 0 Å². The van der Waals surface area contributed by atoms with Gasteiger partial charge in [0.05, 0.1) is 6.42 Å².